The number of aromatic hydroxyl groups is 4. The lowest BCUT2D eigenvalue weighted by Gasteiger charge is -2.14. The highest BCUT2D eigenvalue weighted by atomic mass is 32.1. The first-order valence-corrected chi connectivity index (χ1v) is 33.5. The Morgan fingerprint density at radius 1 is 0.455 bits per heavy atom. The summed E-state index contributed by atoms with van der Waals surface area (Å²) in [7, 11) is 0. The molecular weight excluding hydrogens is 1260 g/mol. The lowest BCUT2D eigenvalue weighted by atomic mass is 9.90. The van der Waals surface area contributed by atoms with Crippen molar-refractivity contribution in [1.82, 2.24) is 10.1 Å². The summed E-state index contributed by atoms with van der Waals surface area (Å²) in [4.78, 5) is 55.2. The van der Waals surface area contributed by atoms with Crippen molar-refractivity contribution in [3.8, 4) is 89.1 Å². The van der Waals surface area contributed by atoms with E-state index in [2.05, 4.69) is 83.6 Å². The SMILES string of the molecule is CC1=C(c2ccc(-c3cccc(O)c3)c(CCC(N)=O)c2)CC=C1.CC1=NCC(C)=C1c1ccc(-c2cccc(O)c2)c(CCC(N)=O)c1.Cc1nc(C)c(-c2ccc(-c3cccc(O)c3)c(CCC(N)=O)c2)s1.Cc1noc(C)c1-c1ccc(-c2cccc(O)c2)c(CCC(N)=O)c1. The van der Waals surface area contributed by atoms with Crippen molar-refractivity contribution >= 4 is 51.8 Å². The molecule has 8 aromatic carbocycles. The molecule has 2 aromatic heterocycles. The van der Waals surface area contributed by atoms with Crippen LogP contribution in [0.25, 0.3) is 77.2 Å². The third-order valence-electron chi connectivity index (χ3n) is 17.2. The van der Waals surface area contributed by atoms with Gasteiger partial charge in [0.15, 0.2) is 0 Å². The summed E-state index contributed by atoms with van der Waals surface area (Å²) in [6, 6.07) is 53.3. The Kier molecular flexibility index (Phi) is 24.0. The third-order valence-corrected chi connectivity index (χ3v) is 18.4. The summed E-state index contributed by atoms with van der Waals surface area (Å²) in [6.07, 6.45) is 8.64. The van der Waals surface area contributed by atoms with Gasteiger partial charge in [0, 0.05) is 42.5 Å². The topological polar surface area (TPSA) is 305 Å². The molecule has 0 saturated carbocycles. The Balaban J connectivity index is 0.000000154. The number of aromatic nitrogens is 2. The molecule has 99 heavy (non-hydrogen) atoms. The van der Waals surface area contributed by atoms with Crippen molar-refractivity contribution in [3.05, 3.63) is 249 Å². The summed E-state index contributed by atoms with van der Waals surface area (Å²) < 4.78 is 5.26. The number of phenolic OH excluding ortho intramolecular Hbond substituents is 4. The number of hydrogen-bond acceptors (Lipinski definition) is 13. The number of nitrogens with zero attached hydrogens (tertiary/aromatic N) is 3. The minimum Gasteiger partial charge on any atom is -0.508 e. The lowest BCUT2D eigenvalue weighted by molar-refractivity contribution is -0.118. The number of carbonyl (C=O) groups excluding carboxylic acids is 4. The molecule has 0 unspecified atom stereocenters. The predicted molar refractivity (Wildman–Crippen MR) is 397 cm³/mol. The van der Waals surface area contributed by atoms with Crippen molar-refractivity contribution in [2.45, 2.75) is 106 Å². The number of rotatable bonds is 20. The quantitative estimate of drug-likeness (QED) is 0.0355. The molecule has 3 heterocycles. The molecule has 0 bridgehead atoms. The highest BCUT2D eigenvalue weighted by Crippen LogP contribution is 2.39. The van der Waals surface area contributed by atoms with Gasteiger partial charge in [-0.05, 0) is 241 Å². The number of amides is 4. The molecule has 0 atom stereocenters. The number of nitrogens with two attached hydrogens (primary N) is 4. The molecule has 17 heteroatoms. The molecule has 0 fully saturated rings. The molecule has 12 rings (SSSR count). The Bertz CT molecular complexity index is 4780. The number of aliphatic imine (C=N–C) groups is 1. The molecule has 0 radical (unpaired) electrons. The molecular formula is C82H83N7O9S. The molecule has 1 aliphatic carbocycles. The van der Waals surface area contributed by atoms with Crippen LogP contribution in [0.1, 0.15) is 108 Å². The van der Waals surface area contributed by atoms with Crippen LogP contribution in [0.3, 0.4) is 0 Å². The van der Waals surface area contributed by atoms with E-state index in [0.29, 0.717) is 38.5 Å². The maximum Gasteiger partial charge on any atom is 0.217 e. The fraction of sp³-hybridized carbons (Fsp3) is 0.207. The monoisotopic (exact) mass is 1340 g/mol. The second-order valence-electron chi connectivity index (χ2n) is 24.7. The molecule has 12 N–H and O–H groups in total. The number of carbonyl (C=O) groups is 4. The lowest BCUT2D eigenvalue weighted by Crippen LogP contribution is -2.11. The first-order chi connectivity index (χ1) is 47.4. The van der Waals surface area contributed by atoms with Crippen LogP contribution in [-0.4, -0.2) is 66.5 Å². The second kappa shape index (κ2) is 33.0. The van der Waals surface area contributed by atoms with Crippen molar-refractivity contribution in [2.24, 2.45) is 27.9 Å². The van der Waals surface area contributed by atoms with Crippen molar-refractivity contribution in [1.29, 1.82) is 0 Å². The molecule has 2 aliphatic rings. The molecule has 0 saturated heterocycles. The maximum atomic E-state index is 11.3. The van der Waals surface area contributed by atoms with Crippen molar-refractivity contribution in [3.63, 3.8) is 0 Å². The average molecular weight is 1340 g/mol. The standard InChI is InChI=1S/C21H22N2O2.C21H21NO2.C20H20N2O3.C20H20N2O2S/c1-13-12-23-14(2)21(13)17-6-8-19(15-4-3-5-18(24)11-15)16(10-17)7-9-20(22)25;1-14-4-2-7-19(14)16-8-10-20(15-5-3-6-18(23)13-15)17(12-16)9-11-21(22)24;1-12-20(13(2)25-22-12)16-6-8-18(14-4-3-5-17(23)11-14)15(10-16)7-9-19(21)24;1-12-20(25-13(2)22-12)16-6-8-18(14-4-3-5-17(23)11-14)15(10-16)7-9-19(21)24/h3-6,8,10-11,24H,7,9,12H2,1-2H3,(H2,22,25);2-6,8,10,12-13,23H,7,9,11H2,1H3,(H2,22,24);2*3-6,8,10-11,23H,7,9H2,1-2H3,(H2,21,24). The Hall–Kier alpha value is -11.4. The zero-order chi connectivity index (χ0) is 71.0. The highest BCUT2D eigenvalue weighted by Gasteiger charge is 2.20. The van der Waals surface area contributed by atoms with Gasteiger partial charge in [-0.3, -0.25) is 24.2 Å². The summed E-state index contributed by atoms with van der Waals surface area (Å²) in [5.74, 6) is 0.340. The van der Waals surface area contributed by atoms with Crippen LogP contribution in [0.2, 0.25) is 0 Å². The van der Waals surface area contributed by atoms with Crippen LogP contribution >= 0.6 is 11.3 Å². The summed E-state index contributed by atoms with van der Waals surface area (Å²) in [5, 5.41) is 44.1. The molecule has 4 amide bonds. The Morgan fingerprint density at radius 2 is 0.838 bits per heavy atom. The minimum absolute atomic E-state index is 0.202. The van der Waals surface area contributed by atoms with Gasteiger partial charge in [0.25, 0.3) is 0 Å². The summed E-state index contributed by atoms with van der Waals surface area (Å²) >= 11 is 1.66. The van der Waals surface area contributed by atoms with Crippen molar-refractivity contribution < 1.29 is 44.1 Å². The maximum absolute atomic E-state index is 11.3. The van der Waals surface area contributed by atoms with E-state index in [1.807, 2.05) is 107 Å². The molecule has 506 valence electrons. The van der Waals surface area contributed by atoms with Gasteiger partial charge in [-0.1, -0.05) is 133 Å². The van der Waals surface area contributed by atoms with E-state index in [9.17, 15) is 39.6 Å². The Labute approximate surface area is 581 Å². The number of primary amides is 4. The van der Waals surface area contributed by atoms with Crippen LogP contribution < -0.4 is 22.9 Å². The molecule has 16 nitrogen and oxygen atoms in total. The third kappa shape index (κ3) is 19.0. The summed E-state index contributed by atoms with van der Waals surface area (Å²) in [6.45, 7) is 14.8. The molecule has 0 spiro atoms. The van der Waals surface area contributed by atoms with E-state index in [-0.39, 0.29) is 59.5 Å². The fourth-order valence-corrected chi connectivity index (χ4v) is 13.4. The smallest absolute Gasteiger partial charge is 0.217 e. The van der Waals surface area contributed by atoms with Gasteiger partial charge < -0.3 is 47.9 Å². The average Bonchev–Trinajstić information content (AvgIpc) is 1.79. The van der Waals surface area contributed by atoms with Gasteiger partial charge in [-0.15, -0.1) is 11.3 Å². The van der Waals surface area contributed by atoms with Crippen LogP contribution in [-0.2, 0) is 44.9 Å². The van der Waals surface area contributed by atoms with Crippen molar-refractivity contribution in [2.75, 3.05) is 6.54 Å². The van der Waals surface area contributed by atoms with Gasteiger partial charge in [0.05, 0.1) is 27.8 Å². The predicted octanol–water partition coefficient (Wildman–Crippen LogP) is 15.9. The number of aryl methyl sites for hydroxylation is 8. The first-order valence-electron chi connectivity index (χ1n) is 32.7. The van der Waals surface area contributed by atoms with E-state index in [4.69, 9.17) is 27.5 Å². The van der Waals surface area contributed by atoms with E-state index in [1.165, 1.54) is 27.9 Å². The molecule has 1 aliphatic heterocycles. The van der Waals surface area contributed by atoms with Gasteiger partial charge >= 0.3 is 0 Å². The van der Waals surface area contributed by atoms with Crippen LogP contribution in [0.4, 0.5) is 0 Å². The number of benzene rings is 8. The Morgan fingerprint density at radius 3 is 1.18 bits per heavy atom. The van der Waals surface area contributed by atoms with Crippen LogP contribution in [0.5, 0.6) is 23.0 Å². The number of phenols is 4. The van der Waals surface area contributed by atoms with Crippen LogP contribution in [0.15, 0.2) is 203 Å². The van der Waals surface area contributed by atoms with Gasteiger partial charge in [0.1, 0.15) is 28.8 Å². The molecule has 10 aromatic rings. The zero-order valence-electron chi connectivity index (χ0n) is 56.8. The fourth-order valence-electron chi connectivity index (χ4n) is 12.5. The largest absolute Gasteiger partial charge is 0.508 e. The van der Waals surface area contributed by atoms with Gasteiger partial charge in [-0.25, -0.2) is 4.98 Å². The van der Waals surface area contributed by atoms with Gasteiger partial charge in [-0.2, -0.15) is 0 Å². The highest BCUT2D eigenvalue weighted by molar-refractivity contribution is 7.15. The van der Waals surface area contributed by atoms with E-state index in [1.54, 1.807) is 65.9 Å². The van der Waals surface area contributed by atoms with E-state index < -0.39 is 0 Å². The number of thiazole rings is 1. The first kappa shape index (κ1) is 71.9. The minimum atomic E-state index is -0.343. The van der Waals surface area contributed by atoms with E-state index in [0.717, 1.165) is 135 Å². The second-order valence-corrected chi connectivity index (χ2v) is 25.9. The normalized spacial score (nSPS) is 12.3. The zero-order valence-corrected chi connectivity index (χ0v) is 57.6. The van der Waals surface area contributed by atoms with E-state index >= 15 is 0 Å². The number of allylic oxidation sites excluding steroid dienone is 5. The number of hydrogen-bond donors (Lipinski definition) is 8. The summed E-state index contributed by atoms with van der Waals surface area (Å²) in [5.41, 5.74) is 46.4. The van der Waals surface area contributed by atoms with Gasteiger partial charge in [0.2, 0.25) is 23.6 Å². The van der Waals surface area contributed by atoms with Crippen LogP contribution in [0, 0.1) is 27.7 Å².